The maximum absolute atomic E-state index is 14.2. The maximum atomic E-state index is 14.2. The van der Waals surface area contributed by atoms with E-state index in [1.807, 2.05) is 60.4 Å². The van der Waals surface area contributed by atoms with E-state index in [0.717, 1.165) is 22.4 Å². The van der Waals surface area contributed by atoms with Gasteiger partial charge in [-0.1, -0.05) is 42.0 Å². The number of aromatic nitrogens is 1. The van der Waals surface area contributed by atoms with Crippen LogP contribution in [0.2, 0.25) is 0 Å². The van der Waals surface area contributed by atoms with Gasteiger partial charge in [-0.3, -0.25) is 19.4 Å². The normalized spacial score (nSPS) is 26.1. The lowest BCUT2D eigenvalue weighted by atomic mass is 9.64. The van der Waals surface area contributed by atoms with Crippen molar-refractivity contribution in [2.45, 2.75) is 31.3 Å². The molecular weight excluding hydrogens is 426 g/mol. The molecule has 1 saturated heterocycles. The standard InChI is InChI=1S/C28H23N3O3/c1-16-7-9-22-19(15-16)8-10-23-28(20-5-3-4-6-21(20)30-27(28)34)24(25(17(2)32)31(22)23)26(33)18-11-13-29-14-12-18/h3-15,23-25H,1-2H3,(H,30,34). The van der Waals surface area contributed by atoms with Crippen LogP contribution in [0.15, 0.2) is 73.1 Å². The molecule has 4 atom stereocenters. The Labute approximate surface area is 197 Å². The molecule has 0 bridgehead atoms. The van der Waals surface area contributed by atoms with Crippen molar-refractivity contribution in [1.82, 2.24) is 4.98 Å². The molecule has 4 unspecified atom stereocenters. The van der Waals surface area contributed by atoms with E-state index in [-0.39, 0.29) is 17.5 Å². The molecule has 3 aliphatic heterocycles. The van der Waals surface area contributed by atoms with Gasteiger partial charge in [-0.15, -0.1) is 0 Å². The monoisotopic (exact) mass is 449 g/mol. The second kappa shape index (κ2) is 7.22. The first kappa shape index (κ1) is 20.5. The first-order valence-electron chi connectivity index (χ1n) is 11.4. The molecule has 1 fully saturated rings. The van der Waals surface area contributed by atoms with Crippen molar-refractivity contribution in [3.05, 3.63) is 95.3 Å². The van der Waals surface area contributed by atoms with Crippen LogP contribution in [-0.2, 0) is 15.0 Å². The van der Waals surface area contributed by atoms with Crippen LogP contribution >= 0.6 is 0 Å². The van der Waals surface area contributed by atoms with Crippen LogP contribution in [0.25, 0.3) is 6.08 Å². The van der Waals surface area contributed by atoms with Gasteiger partial charge in [0.2, 0.25) is 5.91 Å². The fourth-order valence-electron chi connectivity index (χ4n) is 6.15. The summed E-state index contributed by atoms with van der Waals surface area (Å²) in [5.74, 6) is -1.53. The minimum atomic E-state index is -1.24. The van der Waals surface area contributed by atoms with Crippen LogP contribution in [0.1, 0.15) is 34.0 Å². The molecule has 6 nitrogen and oxygen atoms in total. The molecule has 1 aromatic heterocycles. The zero-order chi connectivity index (χ0) is 23.6. The highest BCUT2D eigenvalue weighted by molar-refractivity contribution is 6.16. The Morgan fingerprint density at radius 3 is 2.59 bits per heavy atom. The summed E-state index contributed by atoms with van der Waals surface area (Å²) in [7, 11) is 0. The minimum absolute atomic E-state index is 0.145. The molecule has 0 radical (unpaired) electrons. The Morgan fingerprint density at radius 2 is 1.82 bits per heavy atom. The second-order valence-corrected chi connectivity index (χ2v) is 9.28. The van der Waals surface area contributed by atoms with Crippen LogP contribution in [0, 0.1) is 12.8 Å². The molecule has 168 valence electrons. The van der Waals surface area contributed by atoms with Crippen molar-refractivity contribution in [3.8, 4) is 0 Å². The van der Waals surface area contributed by atoms with Gasteiger partial charge in [0.15, 0.2) is 11.6 Å². The van der Waals surface area contributed by atoms with Crippen LogP contribution in [0.5, 0.6) is 0 Å². The summed E-state index contributed by atoms with van der Waals surface area (Å²) >= 11 is 0. The van der Waals surface area contributed by atoms with E-state index in [4.69, 9.17) is 0 Å². The Kier molecular flexibility index (Phi) is 4.36. The minimum Gasteiger partial charge on any atom is -0.352 e. The largest absolute Gasteiger partial charge is 0.352 e. The van der Waals surface area contributed by atoms with Crippen molar-refractivity contribution in [2.75, 3.05) is 10.2 Å². The van der Waals surface area contributed by atoms with Gasteiger partial charge in [-0.05, 0) is 55.3 Å². The van der Waals surface area contributed by atoms with Gasteiger partial charge in [0.25, 0.3) is 0 Å². The number of anilines is 2. The molecule has 3 aromatic rings. The van der Waals surface area contributed by atoms with Gasteiger partial charge in [0, 0.05) is 29.3 Å². The number of carbonyl (C=O) groups excluding carboxylic acids is 3. The maximum Gasteiger partial charge on any atom is 0.238 e. The highest BCUT2D eigenvalue weighted by atomic mass is 16.2. The number of benzene rings is 2. The summed E-state index contributed by atoms with van der Waals surface area (Å²) in [5.41, 5.74) is 3.57. The first-order valence-corrected chi connectivity index (χ1v) is 11.4. The van der Waals surface area contributed by atoms with Gasteiger partial charge in [0.05, 0.1) is 18.0 Å². The third-order valence-corrected chi connectivity index (χ3v) is 7.45. The second-order valence-electron chi connectivity index (χ2n) is 9.28. The first-order chi connectivity index (χ1) is 16.4. The molecule has 3 aliphatic rings. The molecule has 6 rings (SSSR count). The molecule has 34 heavy (non-hydrogen) atoms. The number of aryl methyl sites for hydroxylation is 1. The number of amides is 1. The van der Waals surface area contributed by atoms with Gasteiger partial charge >= 0.3 is 0 Å². The summed E-state index contributed by atoms with van der Waals surface area (Å²) < 4.78 is 0. The number of pyridine rings is 1. The van der Waals surface area contributed by atoms with Crippen LogP contribution in [0.4, 0.5) is 11.4 Å². The number of fused-ring (bicyclic) bond motifs is 6. The fourth-order valence-corrected chi connectivity index (χ4v) is 6.15. The Balaban J connectivity index is 1.67. The average molecular weight is 450 g/mol. The smallest absolute Gasteiger partial charge is 0.238 e. The average Bonchev–Trinajstić information content (AvgIpc) is 3.32. The number of para-hydroxylation sites is 1. The third kappa shape index (κ3) is 2.56. The predicted octanol–water partition coefficient (Wildman–Crippen LogP) is 3.95. The molecule has 0 aliphatic carbocycles. The van der Waals surface area contributed by atoms with Gasteiger partial charge < -0.3 is 10.2 Å². The summed E-state index contributed by atoms with van der Waals surface area (Å²) in [6, 6.07) is 15.6. The molecule has 1 spiro atoms. The van der Waals surface area contributed by atoms with Crippen molar-refractivity contribution in [2.24, 2.45) is 5.92 Å². The van der Waals surface area contributed by atoms with E-state index in [1.54, 1.807) is 24.5 Å². The van der Waals surface area contributed by atoms with E-state index >= 15 is 0 Å². The Bertz CT molecular complexity index is 1400. The topological polar surface area (TPSA) is 79.4 Å². The number of rotatable bonds is 3. The van der Waals surface area contributed by atoms with Crippen molar-refractivity contribution in [3.63, 3.8) is 0 Å². The molecule has 1 amide bonds. The van der Waals surface area contributed by atoms with Crippen LogP contribution < -0.4 is 10.2 Å². The molecular formula is C28H23N3O3. The summed E-state index contributed by atoms with van der Waals surface area (Å²) in [5, 5.41) is 3.02. The van der Waals surface area contributed by atoms with E-state index in [0.29, 0.717) is 11.3 Å². The summed E-state index contributed by atoms with van der Waals surface area (Å²) in [6.45, 7) is 3.53. The van der Waals surface area contributed by atoms with E-state index in [1.165, 1.54) is 6.92 Å². The fraction of sp³-hybridized carbons (Fsp3) is 0.214. The number of hydrogen-bond donors (Lipinski definition) is 1. The highest BCUT2D eigenvalue weighted by Crippen LogP contribution is 2.57. The van der Waals surface area contributed by atoms with Crippen LogP contribution in [-0.4, -0.2) is 34.5 Å². The number of ketones is 2. The van der Waals surface area contributed by atoms with E-state index < -0.39 is 23.4 Å². The van der Waals surface area contributed by atoms with Crippen molar-refractivity contribution in [1.29, 1.82) is 0 Å². The van der Waals surface area contributed by atoms with Crippen molar-refractivity contribution < 1.29 is 14.4 Å². The van der Waals surface area contributed by atoms with E-state index in [9.17, 15) is 14.4 Å². The molecule has 4 heterocycles. The zero-order valence-corrected chi connectivity index (χ0v) is 18.9. The Morgan fingerprint density at radius 1 is 1.06 bits per heavy atom. The number of Topliss-reactive ketones (excluding diaryl/α,β-unsaturated/α-hetero) is 2. The van der Waals surface area contributed by atoms with Crippen LogP contribution in [0.3, 0.4) is 0 Å². The number of hydrogen-bond acceptors (Lipinski definition) is 5. The Hall–Kier alpha value is -4.06. The quantitative estimate of drug-likeness (QED) is 0.613. The molecule has 2 aromatic carbocycles. The SMILES string of the molecule is CC(=O)C1C(C(=O)c2ccncc2)C2(C(=O)Nc3ccccc32)C2C=Cc3cc(C)ccc3N12. The lowest BCUT2D eigenvalue weighted by Crippen LogP contribution is -2.51. The van der Waals surface area contributed by atoms with Gasteiger partial charge in [-0.2, -0.15) is 0 Å². The van der Waals surface area contributed by atoms with Gasteiger partial charge in [0.1, 0.15) is 5.41 Å². The zero-order valence-electron chi connectivity index (χ0n) is 18.9. The number of carbonyl (C=O) groups is 3. The van der Waals surface area contributed by atoms with Crippen molar-refractivity contribution >= 4 is 34.9 Å². The number of nitrogens with zero attached hydrogens (tertiary/aromatic N) is 2. The summed E-state index contributed by atoms with van der Waals surface area (Å²) in [4.78, 5) is 47.5. The third-order valence-electron chi connectivity index (χ3n) is 7.45. The number of nitrogens with one attached hydrogen (secondary N) is 1. The molecule has 1 N–H and O–H groups in total. The lowest BCUT2D eigenvalue weighted by molar-refractivity contribution is -0.122. The summed E-state index contributed by atoms with van der Waals surface area (Å²) in [6.07, 6.45) is 7.12. The van der Waals surface area contributed by atoms with Gasteiger partial charge in [-0.25, -0.2) is 0 Å². The van der Waals surface area contributed by atoms with E-state index in [2.05, 4.69) is 16.4 Å². The highest BCUT2D eigenvalue weighted by Gasteiger charge is 2.69. The lowest BCUT2D eigenvalue weighted by Gasteiger charge is -2.37. The predicted molar refractivity (Wildman–Crippen MR) is 130 cm³/mol. The molecule has 0 saturated carbocycles. The molecule has 6 heteroatoms.